The van der Waals surface area contributed by atoms with Gasteiger partial charge >= 0.3 is 12.1 Å². The van der Waals surface area contributed by atoms with Gasteiger partial charge in [0, 0.05) is 17.0 Å². The molecule has 0 unspecified atom stereocenters. The Morgan fingerprint density at radius 3 is 2.50 bits per heavy atom. The minimum Gasteiger partial charge on any atom is -0.486 e. The van der Waals surface area contributed by atoms with Crippen LogP contribution < -0.4 is 9.04 Å². The van der Waals surface area contributed by atoms with Gasteiger partial charge in [0.1, 0.15) is 17.7 Å². The predicted molar refractivity (Wildman–Crippen MR) is 133 cm³/mol. The zero-order valence-corrected chi connectivity index (χ0v) is 21.3. The Balaban J connectivity index is 1.71. The lowest BCUT2D eigenvalue weighted by atomic mass is 10.0. The molecule has 0 aliphatic carbocycles. The molecule has 0 spiro atoms. The van der Waals surface area contributed by atoms with Crippen molar-refractivity contribution in [3.8, 4) is 5.75 Å². The van der Waals surface area contributed by atoms with Gasteiger partial charge < -0.3 is 9.84 Å². The number of carbonyl (C=O) groups is 1. The van der Waals surface area contributed by atoms with E-state index in [1.807, 2.05) is 0 Å². The third-order valence-electron chi connectivity index (χ3n) is 6.11. The van der Waals surface area contributed by atoms with Crippen molar-refractivity contribution in [2.75, 3.05) is 10.8 Å². The third kappa shape index (κ3) is 6.05. The number of alkyl halides is 3. The van der Waals surface area contributed by atoms with Crippen molar-refractivity contribution < 1.29 is 40.6 Å². The summed E-state index contributed by atoms with van der Waals surface area (Å²) in [5.74, 6) is -1.45. The van der Waals surface area contributed by atoms with E-state index in [1.54, 1.807) is 12.1 Å². The minimum absolute atomic E-state index is 0.0169. The number of halogens is 5. The molecular formula is C26H22ClF4NO5S. The van der Waals surface area contributed by atoms with E-state index in [4.69, 9.17) is 21.4 Å². The summed E-state index contributed by atoms with van der Waals surface area (Å²) in [5.41, 5.74) is -0.124. The van der Waals surface area contributed by atoms with E-state index < -0.39 is 44.5 Å². The van der Waals surface area contributed by atoms with Gasteiger partial charge in [0.05, 0.1) is 22.7 Å². The Labute approximate surface area is 221 Å². The molecule has 38 heavy (non-hydrogen) atoms. The molecule has 3 aromatic rings. The number of anilines is 1. The number of aryl methyl sites for hydroxylation is 1. The second-order valence-electron chi connectivity index (χ2n) is 8.74. The van der Waals surface area contributed by atoms with E-state index in [0.29, 0.717) is 17.2 Å². The van der Waals surface area contributed by atoms with E-state index in [-0.39, 0.29) is 48.7 Å². The molecule has 0 saturated heterocycles. The molecule has 12 heteroatoms. The fourth-order valence-electron chi connectivity index (χ4n) is 4.18. The second-order valence-corrected chi connectivity index (χ2v) is 11.0. The molecule has 4 rings (SSSR count). The van der Waals surface area contributed by atoms with Crippen LogP contribution in [-0.4, -0.2) is 32.1 Å². The molecule has 1 N–H and O–H groups in total. The number of rotatable bonds is 8. The highest BCUT2D eigenvalue weighted by molar-refractivity contribution is 7.92. The van der Waals surface area contributed by atoms with E-state index in [1.165, 1.54) is 24.3 Å². The molecule has 1 heterocycles. The lowest BCUT2D eigenvalue weighted by molar-refractivity contribution is -0.138. The summed E-state index contributed by atoms with van der Waals surface area (Å²) in [7, 11) is -4.50. The molecular weight excluding hydrogens is 550 g/mol. The largest absolute Gasteiger partial charge is 0.486 e. The van der Waals surface area contributed by atoms with Gasteiger partial charge in [-0.3, -0.25) is 9.10 Å². The molecule has 1 aliphatic heterocycles. The fourth-order valence-corrected chi connectivity index (χ4v) is 5.98. The van der Waals surface area contributed by atoms with Crippen molar-refractivity contribution in [3.63, 3.8) is 0 Å². The first kappa shape index (κ1) is 27.7. The number of benzene rings is 3. The van der Waals surface area contributed by atoms with Crippen LogP contribution in [0.2, 0.25) is 5.02 Å². The van der Waals surface area contributed by atoms with Crippen LogP contribution in [0, 0.1) is 5.82 Å². The first-order valence-corrected chi connectivity index (χ1v) is 13.3. The molecule has 202 valence electrons. The second kappa shape index (κ2) is 10.8. The Hall–Kier alpha value is -3.31. The molecule has 1 aliphatic rings. The van der Waals surface area contributed by atoms with Crippen molar-refractivity contribution in [3.05, 3.63) is 88.2 Å². The number of hydrogen-bond donors (Lipinski definition) is 1. The summed E-state index contributed by atoms with van der Waals surface area (Å²) in [4.78, 5) is 10.5. The van der Waals surface area contributed by atoms with Crippen LogP contribution in [0.5, 0.6) is 5.75 Å². The number of ether oxygens (including phenoxy) is 1. The highest BCUT2D eigenvalue weighted by atomic mass is 35.5. The molecule has 0 saturated carbocycles. The van der Waals surface area contributed by atoms with Crippen LogP contribution in [0.15, 0.2) is 65.6 Å². The topological polar surface area (TPSA) is 83.9 Å². The zero-order chi connectivity index (χ0) is 27.7. The molecule has 0 bridgehead atoms. The maximum Gasteiger partial charge on any atom is 0.416 e. The third-order valence-corrected chi connectivity index (χ3v) is 8.24. The highest BCUT2D eigenvalue weighted by Crippen LogP contribution is 2.40. The van der Waals surface area contributed by atoms with Crippen LogP contribution in [-0.2, 0) is 33.8 Å². The summed E-state index contributed by atoms with van der Waals surface area (Å²) >= 11 is 6.11. The quantitative estimate of drug-likeness (QED) is 0.330. The standard InChI is InChI=1S/C26H22ClF4NO5S/c27-21-5-2-6-22(28)20(21)10-7-16-8-11-24-23(13-16)32(15-18(37-24)9-12-25(33)34)38(35,36)19-4-1-3-17(14-19)26(29,30)31/h1-6,8,11,13-14,18H,7,9-10,12,15H2,(H,33,34)/t18-/m1/s1. The van der Waals surface area contributed by atoms with Crippen molar-refractivity contribution in [1.82, 2.24) is 0 Å². The number of hydrogen-bond acceptors (Lipinski definition) is 4. The molecule has 1 atom stereocenters. The number of nitrogens with zero attached hydrogens (tertiary/aromatic N) is 1. The highest BCUT2D eigenvalue weighted by Gasteiger charge is 2.37. The van der Waals surface area contributed by atoms with Crippen LogP contribution in [0.25, 0.3) is 0 Å². The van der Waals surface area contributed by atoms with E-state index in [0.717, 1.165) is 22.5 Å². The number of carboxylic acid groups (broad SMARTS) is 1. The van der Waals surface area contributed by atoms with Crippen LogP contribution in [0.4, 0.5) is 23.2 Å². The van der Waals surface area contributed by atoms with Gasteiger partial charge in [-0.1, -0.05) is 29.8 Å². The van der Waals surface area contributed by atoms with Crippen LogP contribution in [0.3, 0.4) is 0 Å². The average Bonchev–Trinajstić information content (AvgIpc) is 2.86. The van der Waals surface area contributed by atoms with E-state index in [2.05, 4.69) is 0 Å². The maximum absolute atomic E-state index is 14.2. The number of fused-ring (bicyclic) bond motifs is 1. The van der Waals surface area contributed by atoms with Gasteiger partial charge in [0.15, 0.2) is 0 Å². The minimum atomic E-state index is -4.75. The molecule has 0 amide bonds. The molecule has 6 nitrogen and oxygen atoms in total. The Kier molecular flexibility index (Phi) is 7.89. The average molecular weight is 572 g/mol. The van der Waals surface area contributed by atoms with Crippen molar-refractivity contribution in [2.24, 2.45) is 0 Å². The first-order chi connectivity index (χ1) is 17.9. The number of aliphatic carboxylic acids is 1. The van der Waals surface area contributed by atoms with Gasteiger partial charge in [0.2, 0.25) is 0 Å². The normalized spacial score (nSPS) is 15.6. The SMILES string of the molecule is O=C(O)CC[C@@H]1CN(S(=O)(=O)c2cccc(C(F)(F)F)c2)c2cc(CCc3c(F)cccc3Cl)ccc2O1. The summed E-state index contributed by atoms with van der Waals surface area (Å²) < 4.78 is 88.1. The maximum atomic E-state index is 14.2. The first-order valence-electron chi connectivity index (χ1n) is 11.5. The lowest BCUT2D eigenvalue weighted by Gasteiger charge is -2.36. The Bertz CT molecular complexity index is 1440. The summed E-state index contributed by atoms with van der Waals surface area (Å²) in [6.45, 7) is -0.304. The smallest absolute Gasteiger partial charge is 0.416 e. The molecule has 0 radical (unpaired) electrons. The van der Waals surface area contributed by atoms with Crippen LogP contribution in [0.1, 0.15) is 29.5 Å². The van der Waals surface area contributed by atoms with Crippen molar-refractivity contribution in [1.29, 1.82) is 0 Å². The van der Waals surface area contributed by atoms with Gasteiger partial charge in [0.25, 0.3) is 10.0 Å². The molecule has 3 aromatic carbocycles. The number of sulfonamides is 1. The zero-order valence-electron chi connectivity index (χ0n) is 19.7. The fraction of sp³-hybridized carbons (Fsp3) is 0.269. The number of carboxylic acids is 1. The summed E-state index contributed by atoms with van der Waals surface area (Å²) in [5, 5.41) is 9.30. The Morgan fingerprint density at radius 2 is 1.82 bits per heavy atom. The summed E-state index contributed by atoms with van der Waals surface area (Å²) in [6.07, 6.45) is -5.40. The van der Waals surface area contributed by atoms with E-state index >= 15 is 0 Å². The summed E-state index contributed by atoms with van der Waals surface area (Å²) in [6, 6.07) is 12.4. The van der Waals surface area contributed by atoms with Crippen molar-refractivity contribution >= 4 is 33.3 Å². The van der Waals surface area contributed by atoms with Gasteiger partial charge in [-0.25, -0.2) is 12.8 Å². The van der Waals surface area contributed by atoms with Crippen LogP contribution >= 0.6 is 11.6 Å². The molecule has 0 aromatic heterocycles. The van der Waals surface area contributed by atoms with Gasteiger partial charge in [-0.05, 0) is 67.3 Å². The molecule has 0 fully saturated rings. The monoisotopic (exact) mass is 571 g/mol. The Morgan fingerprint density at radius 1 is 1.08 bits per heavy atom. The van der Waals surface area contributed by atoms with Gasteiger partial charge in [-0.15, -0.1) is 0 Å². The van der Waals surface area contributed by atoms with Crippen molar-refractivity contribution in [2.45, 2.75) is 42.9 Å². The van der Waals surface area contributed by atoms with E-state index in [9.17, 15) is 30.8 Å². The van der Waals surface area contributed by atoms with Gasteiger partial charge in [-0.2, -0.15) is 13.2 Å². The lowest BCUT2D eigenvalue weighted by Crippen LogP contribution is -2.43. The predicted octanol–water partition coefficient (Wildman–Crippen LogP) is 6.10.